The Morgan fingerprint density at radius 3 is 2.77 bits per heavy atom. The minimum absolute atomic E-state index is 0.0739. The minimum Gasteiger partial charge on any atom is -0.424 e. The molecule has 1 unspecified atom stereocenters. The molecule has 22 heavy (non-hydrogen) atoms. The smallest absolute Gasteiger partial charge is 0.328 e. The number of nitrogens with two attached hydrogens (primary N) is 1. The maximum absolute atomic E-state index is 12.2. The Hall–Kier alpha value is -2.98. The molecule has 0 radical (unpaired) electrons. The Bertz CT molecular complexity index is 952. The van der Waals surface area contributed by atoms with Crippen LogP contribution in [0.5, 0.6) is 5.88 Å². The van der Waals surface area contributed by atoms with E-state index in [9.17, 15) is 14.9 Å². The molecular formula is C14H9ClN4O3. The van der Waals surface area contributed by atoms with E-state index in [0.717, 1.165) is 0 Å². The number of nitrogens with zero attached hydrogens (tertiary/aromatic N) is 1. The summed E-state index contributed by atoms with van der Waals surface area (Å²) in [5.41, 5.74) is 5.14. The van der Waals surface area contributed by atoms with Gasteiger partial charge in [0.25, 0.3) is 5.56 Å². The first-order valence-electron chi connectivity index (χ1n) is 6.21. The number of nitrogens with one attached hydrogen (secondary N) is 2. The van der Waals surface area contributed by atoms with Crippen LogP contribution in [-0.2, 0) is 0 Å². The highest BCUT2D eigenvalue weighted by atomic mass is 35.5. The van der Waals surface area contributed by atoms with Crippen molar-refractivity contribution >= 4 is 11.6 Å². The zero-order valence-corrected chi connectivity index (χ0v) is 11.8. The van der Waals surface area contributed by atoms with E-state index in [1.807, 2.05) is 6.07 Å². The molecule has 1 aliphatic heterocycles. The number of nitriles is 1. The summed E-state index contributed by atoms with van der Waals surface area (Å²) >= 11 is 5.98. The highest BCUT2D eigenvalue weighted by Gasteiger charge is 2.34. The van der Waals surface area contributed by atoms with Gasteiger partial charge in [0.15, 0.2) is 0 Å². The molecule has 4 N–H and O–H groups in total. The Labute approximate surface area is 128 Å². The van der Waals surface area contributed by atoms with Crippen LogP contribution in [0, 0.1) is 11.3 Å². The fourth-order valence-electron chi connectivity index (χ4n) is 2.41. The van der Waals surface area contributed by atoms with Crippen molar-refractivity contribution in [2.75, 3.05) is 0 Å². The fourth-order valence-corrected chi connectivity index (χ4v) is 2.61. The van der Waals surface area contributed by atoms with Crippen molar-refractivity contribution in [2.24, 2.45) is 5.73 Å². The third kappa shape index (κ3) is 2.16. The second kappa shape index (κ2) is 5.09. The highest BCUT2D eigenvalue weighted by Crippen LogP contribution is 2.38. The van der Waals surface area contributed by atoms with Gasteiger partial charge in [-0.2, -0.15) is 5.26 Å². The second-order valence-electron chi connectivity index (χ2n) is 4.63. The van der Waals surface area contributed by atoms with Gasteiger partial charge in [-0.25, -0.2) is 4.79 Å². The van der Waals surface area contributed by atoms with E-state index >= 15 is 0 Å². The minimum atomic E-state index is -0.770. The van der Waals surface area contributed by atoms with Crippen molar-refractivity contribution in [1.29, 1.82) is 5.26 Å². The van der Waals surface area contributed by atoms with Crippen LogP contribution >= 0.6 is 11.6 Å². The van der Waals surface area contributed by atoms with E-state index in [4.69, 9.17) is 22.1 Å². The molecule has 3 rings (SSSR count). The molecule has 1 aliphatic rings. The largest absolute Gasteiger partial charge is 0.424 e. The lowest BCUT2D eigenvalue weighted by Crippen LogP contribution is -2.33. The number of H-pyrrole nitrogens is 2. The molecule has 2 aromatic rings. The molecule has 2 heterocycles. The Morgan fingerprint density at radius 2 is 2.09 bits per heavy atom. The third-order valence-electron chi connectivity index (χ3n) is 3.30. The summed E-state index contributed by atoms with van der Waals surface area (Å²) in [6, 6.07) is 8.64. The maximum Gasteiger partial charge on any atom is 0.328 e. The predicted octanol–water partition coefficient (Wildman–Crippen LogP) is 0.935. The van der Waals surface area contributed by atoms with Crippen LogP contribution in [0.3, 0.4) is 0 Å². The Balaban J connectivity index is 2.34. The number of aromatic amines is 2. The molecule has 7 nitrogen and oxygen atoms in total. The first-order valence-corrected chi connectivity index (χ1v) is 6.58. The van der Waals surface area contributed by atoms with Gasteiger partial charge in [0.1, 0.15) is 11.6 Å². The summed E-state index contributed by atoms with van der Waals surface area (Å²) in [7, 11) is 0. The summed E-state index contributed by atoms with van der Waals surface area (Å²) in [4.78, 5) is 28.0. The molecule has 110 valence electrons. The molecule has 8 heteroatoms. The lowest BCUT2D eigenvalue weighted by Gasteiger charge is -2.24. The number of fused-ring (bicyclic) bond motifs is 1. The van der Waals surface area contributed by atoms with Gasteiger partial charge in [-0.15, -0.1) is 0 Å². The van der Waals surface area contributed by atoms with E-state index in [-0.39, 0.29) is 22.9 Å². The van der Waals surface area contributed by atoms with Gasteiger partial charge in [-0.1, -0.05) is 23.7 Å². The molecule has 0 saturated carbocycles. The normalized spacial score (nSPS) is 16.6. The zero-order valence-electron chi connectivity index (χ0n) is 11.0. The van der Waals surface area contributed by atoms with E-state index in [0.29, 0.717) is 10.6 Å². The van der Waals surface area contributed by atoms with Gasteiger partial charge >= 0.3 is 5.69 Å². The van der Waals surface area contributed by atoms with Gasteiger partial charge in [0, 0.05) is 5.02 Å². The molecule has 0 saturated heterocycles. The SMILES string of the molecule is N#CC1=C(N)Oc2[nH]c(=O)[nH]c(=O)c2C1c1cccc(Cl)c1. The molecule has 1 aromatic carbocycles. The molecule has 1 aromatic heterocycles. The second-order valence-corrected chi connectivity index (χ2v) is 5.07. The van der Waals surface area contributed by atoms with Gasteiger partial charge < -0.3 is 10.5 Å². The number of aromatic nitrogens is 2. The van der Waals surface area contributed by atoms with E-state index in [2.05, 4.69) is 9.97 Å². The first-order chi connectivity index (χ1) is 10.5. The monoisotopic (exact) mass is 316 g/mol. The summed E-state index contributed by atoms with van der Waals surface area (Å²) in [6.45, 7) is 0. The van der Waals surface area contributed by atoms with Crippen molar-refractivity contribution in [3.05, 3.63) is 72.7 Å². The molecule has 0 fully saturated rings. The molecule has 0 amide bonds. The molecule has 1 atom stereocenters. The number of halogens is 1. The van der Waals surface area contributed by atoms with Crippen LogP contribution in [0.1, 0.15) is 17.0 Å². The van der Waals surface area contributed by atoms with Gasteiger partial charge in [0.05, 0.1) is 11.5 Å². The van der Waals surface area contributed by atoms with Gasteiger partial charge in [-0.3, -0.25) is 14.8 Å². The van der Waals surface area contributed by atoms with E-state index in [1.165, 1.54) is 0 Å². The number of allylic oxidation sites excluding steroid dienone is 1. The fraction of sp³-hybridized carbons (Fsp3) is 0.0714. The van der Waals surface area contributed by atoms with Crippen molar-refractivity contribution in [2.45, 2.75) is 5.92 Å². The quantitative estimate of drug-likeness (QED) is 0.722. The number of benzene rings is 1. The molecule has 0 aliphatic carbocycles. The van der Waals surface area contributed by atoms with Crippen molar-refractivity contribution in [3.8, 4) is 11.9 Å². The number of hydrogen-bond donors (Lipinski definition) is 3. The average molecular weight is 317 g/mol. The van der Waals surface area contributed by atoms with Crippen LogP contribution < -0.4 is 21.7 Å². The van der Waals surface area contributed by atoms with Crippen LogP contribution in [0.2, 0.25) is 5.02 Å². The maximum atomic E-state index is 12.2. The highest BCUT2D eigenvalue weighted by molar-refractivity contribution is 6.30. The topological polar surface area (TPSA) is 125 Å². The molecule has 0 spiro atoms. The molecular weight excluding hydrogens is 308 g/mol. The first kappa shape index (κ1) is 14.0. The summed E-state index contributed by atoms with van der Waals surface area (Å²) in [5, 5.41) is 9.80. The van der Waals surface area contributed by atoms with Crippen molar-refractivity contribution in [1.82, 2.24) is 9.97 Å². The van der Waals surface area contributed by atoms with Crippen molar-refractivity contribution in [3.63, 3.8) is 0 Å². The Morgan fingerprint density at radius 1 is 1.32 bits per heavy atom. The number of hydrogen-bond acceptors (Lipinski definition) is 5. The average Bonchev–Trinajstić information content (AvgIpc) is 2.45. The zero-order chi connectivity index (χ0) is 15.9. The summed E-state index contributed by atoms with van der Waals surface area (Å²) < 4.78 is 5.21. The van der Waals surface area contributed by atoms with Crippen LogP contribution in [-0.4, -0.2) is 9.97 Å². The number of rotatable bonds is 1. The lowest BCUT2D eigenvalue weighted by molar-refractivity contribution is 0.373. The van der Waals surface area contributed by atoms with Crippen molar-refractivity contribution < 1.29 is 4.74 Å². The van der Waals surface area contributed by atoms with Gasteiger partial charge in [0.2, 0.25) is 11.8 Å². The van der Waals surface area contributed by atoms with Gasteiger partial charge in [-0.05, 0) is 17.7 Å². The summed E-state index contributed by atoms with van der Waals surface area (Å²) in [6.07, 6.45) is 0. The Kier molecular flexibility index (Phi) is 3.23. The van der Waals surface area contributed by atoms with E-state index < -0.39 is 17.2 Å². The summed E-state index contributed by atoms with van der Waals surface area (Å²) in [5.74, 6) is -1.01. The van der Waals surface area contributed by atoms with E-state index in [1.54, 1.807) is 24.3 Å². The van der Waals surface area contributed by atoms with Crippen LogP contribution in [0.15, 0.2) is 45.3 Å². The predicted molar refractivity (Wildman–Crippen MR) is 78.4 cm³/mol. The standard InChI is InChI=1S/C14H9ClN4O3/c15-7-3-1-2-6(4-7)9-8(5-16)11(17)22-13-10(9)12(20)18-14(21)19-13/h1-4,9H,17H2,(H2,18,19,20,21). The lowest BCUT2D eigenvalue weighted by atomic mass is 9.85. The number of ether oxygens (including phenoxy) is 1. The van der Waals surface area contributed by atoms with Crippen LogP contribution in [0.25, 0.3) is 0 Å². The molecule has 0 bridgehead atoms. The third-order valence-corrected chi connectivity index (χ3v) is 3.54. The van der Waals surface area contributed by atoms with Crippen LogP contribution in [0.4, 0.5) is 0 Å².